The summed E-state index contributed by atoms with van der Waals surface area (Å²) >= 11 is 0. The van der Waals surface area contributed by atoms with E-state index in [0.29, 0.717) is 31.6 Å². The van der Waals surface area contributed by atoms with Crippen molar-refractivity contribution in [2.75, 3.05) is 52.7 Å². The number of para-hydroxylation sites is 1. The molecule has 2 fully saturated rings. The van der Waals surface area contributed by atoms with Crippen molar-refractivity contribution >= 4 is 29.5 Å². The van der Waals surface area contributed by atoms with E-state index in [1.807, 2.05) is 39.0 Å². The van der Waals surface area contributed by atoms with Crippen molar-refractivity contribution in [3.63, 3.8) is 0 Å². The number of nitrogens with zero attached hydrogens (tertiary/aromatic N) is 1. The van der Waals surface area contributed by atoms with Crippen molar-refractivity contribution in [2.45, 2.75) is 71.0 Å². The van der Waals surface area contributed by atoms with Gasteiger partial charge in [-0.05, 0) is 43.2 Å². The maximum Gasteiger partial charge on any atom is 0.257 e. The van der Waals surface area contributed by atoms with E-state index in [1.54, 1.807) is 12.1 Å². The highest BCUT2D eigenvalue weighted by molar-refractivity contribution is 5.93. The molecule has 13 nitrogen and oxygen atoms in total. The Morgan fingerprint density at radius 2 is 1.77 bits per heavy atom. The van der Waals surface area contributed by atoms with Gasteiger partial charge in [0.15, 0.2) is 6.61 Å². The molecule has 0 aliphatic carbocycles. The summed E-state index contributed by atoms with van der Waals surface area (Å²) in [7, 11) is 0. The molecular formula is C31H47N5O8. The summed E-state index contributed by atoms with van der Waals surface area (Å²) in [4.78, 5) is 66.0. The number of unbranched alkanes of at least 4 members (excludes halogenated alkanes) is 1. The van der Waals surface area contributed by atoms with Gasteiger partial charge in [-0.2, -0.15) is 0 Å². The highest BCUT2D eigenvalue weighted by atomic mass is 16.5. The number of carbonyl (C=O) groups is 5. The van der Waals surface area contributed by atoms with E-state index in [0.717, 1.165) is 0 Å². The summed E-state index contributed by atoms with van der Waals surface area (Å²) in [5.74, 6) is -1.02. The average Bonchev–Trinajstić information content (AvgIpc) is 3.38. The number of hydrogen-bond donors (Lipinski definition) is 4. The molecule has 0 saturated carbocycles. The fraction of sp³-hybridized carbons (Fsp3) is 0.645. The molecule has 2 heterocycles. The second-order valence-corrected chi connectivity index (χ2v) is 12.3. The minimum Gasteiger partial charge on any atom is -0.484 e. The normalized spacial score (nSPS) is 22.1. The number of amides is 5. The molecule has 2 aliphatic rings. The summed E-state index contributed by atoms with van der Waals surface area (Å²) in [5, 5.41) is 11.4. The van der Waals surface area contributed by atoms with Crippen molar-refractivity contribution in [3.8, 4) is 5.75 Å². The number of nitrogens with one attached hydrogen (secondary N) is 4. The molecule has 0 radical (unpaired) electrons. The van der Waals surface area contributed by atoms with E-state index in [2.05, 4.69) is 21.3 Å². The Kier molecular flexibility index (Phi) is 13.9. The lowest BCUT2D eigenvalue weighted by atomic mass is 9.92. The molecule has 1 aromatic carbocycles. The van der Waals surface area contributed by atoms with E-state index in [-0.39, 0.29) is 82.1 Å². The predicted molar refractivity (Wildman–Crippen MR) is 161 cm³/mol. The third-order valence-electron chi connectivity index (χ3n) is 7.08. The van der Waals surface area contributed by atoms with Crippen molar-refractivity contribution in [3.05, 3.63) is 30.3 Å². The Morgan fingerprint density at radius 3 is 2.52 bits per heavy atom. The van der Waals surface area contributed by atoms with Crippen molar-refractivity contribution < 1.29 is 38.2 Å². The topological polar surface area (TPSA) is 164 Å². The number of carbonyl (C=O) groups excluding carboxylic acids is 5. The average molecular weight is 618 g/mol. The molecule has 1 aromatic rings. The van der Waals surface area contributed by atoms with Gasteiger partial charge >= 0.3 is 0 Å². The third-order valence-corrected chi connectivity index (χ3v) is 7.08. The van der Waals surface area contributed by atoms with Gasteiger partial charge in [-0.25, -0.2) is 0 Å². The standard InChI is InChI=1S/C31H47N5O8/c1-31(2,3)18-26(37)34-22-17-25-29(40)33-13-14-42-15-16-43-20-28(39)35-24(30(41)36(25)19-22)11-7-8-12-32-27(38)21-44-23-9-5-4-6-10-23/h4-6,9-10,22,24-25H,7-8,11-21H2,1-3H3,(H,32,38)(H,33,40)(H,34,37)(H,35,39)/t22-,24-,25-/m0/s1. The van der Waals surface area contributed by atoms with Gasteiger partial charge in [-0.1, -0.05) is 39.0 Å². The van der Waals surface area contributed by atoms with Gasteiger partial charge in [-0.3, -0.25) is 24.0 Å². The Labute approximate surface area is 259 Å². The Morgan fingerprint density at radius 1 is 1.02 bits per heavy atom. The first-order valence-corrected chi connectivity index (χ1v) is 15.3. The lowest BCUT2D eigenvalue weighted by molar-refractivity contribution is -0.142. The summed E-state index contributed by atoms with van der Waals surface area (Å²) in [6.45, 7) is 7.00. The number of benzene rings is 1. The largest absolute Gasteiger partial charge is 0.484 e. The summed E-state index contributed by atoms with van der Waals surface area (Å²) in [5.41, 5.74) is -0.216. The number of fused-ring (bicyclic) bond motifs is 1. The fourth-order valence-electron chi connectivity index (χ4n) is 5.05. The molecule has 0 spiro atoms. The molecule has 0 unspecified atom stereocenters. The number of hydrogen-bond acceptors (Lipinski definition) is 8. The van der Waals surface area contributed by atoms with Crippen LogP contribution in [0.3, 0.4) is 0 Å². The third kappa shape index (κ3) is 12.5. The van der Waals surface area contributed by atoms with Crippen molar-refractivity contribution in [1.82, 2.24) is 26.2 Å². The van der Waals surface area contributed by atoms with E-state index in [4.69, 9.17) is 14.2 Å². The lowest BCUT2D eigenvalue weighted by Gasteiger charge is -2.28. The van der Waals surface area contributed by atoms with Crippen LogP contribution in [-0.4, -0.2) is 105 Å². The lowest BCUT2D eigenvalue weighted by Crippen LogP contribution is -2.54. The molecule has 44 heavy (non-hydrogen) atoms. The molecule has 2 saturated heterocycles. The fourth-order valence-corrected chi connectivity index (χ4v) is 5.05. The maximum absolute atomic E-state index is 13.9. The summed E-state index contributed by atoms with van der Waals surface area (Å²) in [6.07, 6.45) is 1.92. The van der Waals surface area contributed by atoms with E-state index in [9.17, 15) is 24.0 Å². The van der Waals surface area contributed by atoms with Crippen LogP contribution in [0.2, 0.25) is 0 Å². The van der Waals surface area contributed by atoms with Crippen LogP contribution in [-0.2, 0) is 33.4 Å². The van der Waals surface area contributed by atoms with Gasteiger partial charge in [0.2, 0.25) is 23.6 Å². The highest BCUT2D eigenvalue weighted by Crippen LogP contribution is 2.23. The van der Waals surface area contributed by atoms with Gasteiger partial charge < -0.3 is 40.4 Å². The first kappa shape index (κ1) is 34.8. The molecule has 3 atom stereocenters. The first-order valence-electron chi connectivity index (χ1n) is 15.3. The van der Waals surface area contributed by atoms with Crippen LogP contribution in [0.5, 0.6) is 5.75 Å². The Hall–Kier alpha value is -3.71. The maximum atomic E-state index is 13.9. The Balaban J connectivity index is 1.61. The SMILES string of the molecule is CC(C)(C)CC(=O)N[C@H]1C[C@H]2C(=O)NCCOCCOCC(=O)N[C@@H](CCCCNC(=O)COc3ccccc3)C(=O)N2C1. The Bertz CT molecular complexity index is 1110. The van der Waals surface area contributed by atoms with Crippen LogP contribution in [0.15, 0.2) is 30.3 Å². The van der Waals surface area contributed by atoms with Gasteiger partial charge in [0, 0.05) is 32.1 Å². The molecule has 3 rings (SSSR count). The van der Waals surface area contributed by atoms with Crippen LogP contribution >= 0.6 is 0 Å². The van der Waals surface area contributed by atoms with Gasteiger partial charge in [0.05, 0.1) is 19.8 Å². The molecule has 244 valence electrons. The monoisotopic (exact) mass is 617 g/mol. The molecule has 0 bridgehead atoms. The molecular weight excluding hydrogens is 570 g/mol. The molecule has 5 amide bonds. The van der Waals surface area contributed by atoms with Gasteiger partial charge in [0.25, 0.3) is 5.91 Å². The van der Waals surface area contributed by atoms with Crippen LogP contribution in [0.25, 0.3) is 0 Å². The number of ether oxygens (including phenoxy) is 3. The van der Waals surface area contributed by atoms with Crippen molar-refractivity contribution in [2.24, 2.45) is 5.41 Å². The van der Waals surface area contributed by atoms with E-state index < -0.39 is 29.9 Å². The molecule has 13 heteroatoms. The minimum atomic E-state index is -0.913. The molecule has 2 aliphatic heterocycles. The van der Waals surface area contributed by atoms with E-state index in [1.165, 1.54) is 4.90 Å². The molecule has 4 N–H and O–H groups in total. The predicted octanol–water partition coefficient (Wildman–Crippen LogP) is 0.522. The quantitative estimate of drug-likeness (QED) is 0.276. The molecule has 0 aromatic heterocycles. The second kappa shape index (κ2) is 17.6. The smallest absolute Gasteiger partial charge is 0.257 e. The van der Waals surface area contributed by atoms with Gasteiger partial charge in [0.1, 0.15) is 24.4 Å². The van der Waals surface area contributed by atoms with Crippen LogP contribution in [0, 0.1) is 5.41 Å². The van der Waals surface area contributed by atoms with E-state index >= 15 is 0 Å². The number of rotatable bonds is 10. The minimum absolute atomic E-state index is 0.113. The van der Waals surface area contributed by atoms with Crippen LogP contribution in [0.4, 0.5) is 0 Å². The zero-order valence-corrected chi connectivity index (χ0v) is 26.0. The summed E-state index contributed by atoms with van der Waals surface area (Å²) < 4.78 is 16.3. The van der Waals surface area contributed by atoms with Gasteiger partial charge in [-0.15, -0.1) is 0 Å². The zero-order valence-electron chi connectivity index (χ0n) is 26.0. The highest BCUT2D eigenvalue weighted by Gasteiger charge is 2.42. The first-order chi connectivity index (χ1) is 21.0. The summed E-state index contributed by atoms with van der Waals surface area (Å²) in [6, 6.07) is 6.89. The van der Waals surface area contributed by atoms with Crippen LogP contribution in [0.1, 0.15) is 52.9 Å². The second-order valence-electron chi connectivity index (χ2n) is 12.3. The van der Waals surface area contributed by atoms with Crippen LogP contribution < -0.4 is 26.0 Å². The zero-order chi connectivity index (χ0) is 32.0. The van der Waals surface area contributed by atoms with Crippen molar-refractivity contribution in [1.29, 1.82) is 0 Å².